The maximum Gasteiger partial charge on any atom is 0.253 e. The van der Waals surface area contributed by atoms with Gasteiger partial charge < -0.3 is 10.2 Å². The van der Waals surface area contributed by atoms with Crippen LogP contribution in [0.3, 0.4) is 0 Å². The van der Waals surface area contributed by atoms with E-state index in [2.05, 4.69) is 10.3 Å². The molecule has 0 aliphatic heterocycles. The molecule has 0 atom stereocenters. The second-order valence-electron chi connectivity index (χ2n) is 6.49. The normalized spacial score (nSPS) is 15.5. The summed E-state index contributed by atoms with van der Waals surface area (Å²) in [5, 5.41) is 3.18. The van der Waals surface area contributed by atoms with Crippen molar-refractivity contribution in [3.05, 3.63) is 54.4 Å². The number of rotatable bonds is 4. The van der Waals surface area contributed by atoms with E-state index in [1.807, 2.05) is 48.3 Å². The lowest BCUT2D eigenvalue weighted by molar-refractivity contribution is 0.0933. The average molecular weight is 323 g/mol. The van der Waals surface area contributed by atoms with Crippen molar-refractivity contribution in [3.8, 4) is 0 Å². The molecular formula is C20H25N3O. The highest BCUT2D eigenvalue weighted by atomic mass is 16.1. The predicted octanol–water partition coefficient (Wildman–Crippen LogP) is 4.30. The number of aromatic nitrogens is 1. The monoisotopic (exact) mass is 323 g/mol. The number of nitrogens with zero attached hydrogens (tertiary/aromatic N) is 2. The smallest absolute Gasteiger partial charge is 0.253 e. The SMILES string of the molecule is CN(c1ccccc1)c1cncc(C(=O)NC2CCCCCC2)c1. The highest BCUT2D eigenvalue weighted by Crippen LogP contribution is 2.23. The first-order valence-electron chi connectivity index (χ1n) is 8.79. The molecule has 126 valence electrons. The van der Waals surface area contributed by atoms with Crippen LogP contribution in [0.2, 0.25) is 0 Å². The Morgan fingerprint density at radius 2 is 1.75 bits per heavy atom. The molecule has 1 aromatic heterocycles. The first kappa shape index (κ1) is 16.5. The van der Waals surface area contributed by atoms with E-state index in [-0.39, 0.29) is 5.91 Å². The van der Waals surface area contributed by atoms with Gasteiger partial charge in [-0.15, -0.1) is 0 Å². The number of carbonyl (C=O) groups is 1. The molecule has 1 amide bonds. The number of nitrogens with one attached hydrogen (secondary N) is 1. The van der Waals surface area contributed by atoms with Crippen LogP contribution in [0.1, 0.15) is 48.9 Å². The van der Waals surface area contributed by atoms with Crippen LogP contribution >= 0.6 is 0 Å². The summed E-state index contributed by atoms with van der Waals surface area (Å²) in [6.45, 7) is 0. The van der Waals surface area contributed by atoms with Gasteiger partial charge in [-0.2, -0.15) is 0 Å². The number of carbonyl (C=O) groups excluding carboxylic acids is 1. The van der Waals surface area contributed by atoms with Crippen LogP contribution in [-0.2, 0) is 0 Å². The molecule has 3 rings (SSSR count). The van der Waals surface area contributed by atoms with E-state index >= 15 is 0 Å². The number of hydrogen-bond acceptors (Lipinski definition) is 3. The molecule has 0 bridgehead atoms. The minimum Gasteiger partial charge on any atom is -0.349 e. The standard InChI is InChI=1S/C20H25N3O/c1-23(18-11-7-4-8-12-18)19-13-16(14-21-15-19)20(24)22-17-9-5-2-3-6-10-17/h4,7-8,11-15,17H,2-3,5-6,9-10H2,1H3,(H,22,24). The molecule has 2 aromatic rings. The van der Waals surface area contributed by atoms with Crippen molar-refractivity contribution < 1.29 is 4.79 Å². The zero-order chi connectivity index (χ0) is 16.8. The average Bonchev–Trinajstić information content (AvgIpc) is 2.90. The third-order valence-electron chi connectivity index (χ3n) is 4.71. The highest BCUT2D eigenvalue weighted by Gasteiger charge is 2.16. The lowest BCUT2D eigenvalue weighted by Gasteiger charge is -2.20. The number of hydrogen-bond donors (Lipinski definition) is 1. The Morgan fingerprint density at radius 1 is 1.04 bits per heavy atom. The molecule has 1 N–H and O–H groups in total. The van der Waals surface area contributed by atoms with Crippen LogP contribution in [0.25, 0.3) is 0 Å². The van der Waals surface area contributed by atoms with Gasteiger partial charge in [-0.25, -0.2) is 0 Å². The molecule has 1 fully saturated rings. The number of benzene rings is 1. The van der Waals surface area contributed by atoms with Crippen molar-refractivity contribution in [3.63, 3.8) is 0 Å². The van der Waals surface area contributed by atoms with Crippen LogP contribution in [0.15, 0.2) is 48.8 Å². The van der Waals surface area contributed by atoms with E-state index in [1.54, 1.807) is 12.4 Å². The fraction of sp³-hybridized carbons (Fsp3) is 0.400. The Hall–Kier alpha value is -2.36. The molecule has 0 saturated heterocycles. The van der Waals surface area contributed by atoms with Gasteiger partial charge in [-0.05, 0) is 31.0 Å². The Morgan fingerprint density at radius 3 is 2.46 bits per heavy atom. The highest BCUT2D eigenvalue weighted by molar-refractivity contribution is 5.95. The quantitative estimate of drug-likeness (QED) is 0.853. The van der Waals surface area contributed by atoms with Crippen molar-refractivity contribution in [2.45, 2.75) is 44.6 Å². The largest absolute Gasteiger partial charge is 0.349 e. The lowest BCUT2D eigenvalue weighted by Crippen LogP contribution is -2.34. The van der Waals surface area contributed by atoms with E-state index < -0.39 is 0 Å². The van der Waals surface area contributed by atoms with Gasteiger partial charge in [0.1, 0.15) is 0 Å². The van der Waals surface area contributed by atoms with Gasteiger partial charge in [-0.3, -0.25) is 9.78 Å². The predicted molar refractivity (Wildman–Crippen MR) is 97.7 cm³/mol. The molecular weight excluding hydrogens is 298 g/mol. The fourth-order valence-electron chi connectivity index (χ4n) is 3.23. The van der Waals surface area contributed by atoms with Crippen LogP contribution in [0.5, 0.6) is 0 Å². The summed E-state index contributed by atoms with van der Waals surface area (Å²) in [5.41, 5.74) is 2.61. The first-order chi connectivity index (χ1) is 11.7. The molecule has 1 aliphatic rings. The number of para-hydroxylation sites is 1. The number of pyridine rings is 1. The van der Waals surface area contributed by atoms with Gasteiger partial charge in [0.05, 0.1) is 17.4 Å². The van der Waals surface area contributed by atoms with E-state index in [9.17, 15) is 4.79 Å². The molecule has 1 saturated carbocycles. The first-order valence-corrected chi connectivity index (χ1v) is 8.79. The van der Waals surface area contributed by atoms with Gasteiger partial charge in [0, 0.05) is 25.0 Å². The molecule has 1 aliphatic carbocycles. The van der Waals surface area contributed by atoms with Gasteiger partial charge >= 0.3 is 0 Å². The Bertz CT molecular complexity index is 664. The van der Waals surface area contributed by atoms with E-state index in [4.69, 9.17) is 0 Å². The van der Waals surface area contributed by atoms with Crippen molar-refractivity contribution in [1.29, 1.82) is 0 Å². The summed E-state index contributed by atoms with van der Waals surface area (Å²) >= 11 is 0. The summed E-state index contributed by atoms with van der Waals surface area (Å²) in [6, 6.07) is 12.3. The van der Waals surface area contributed by atoms with E-state index in [1.165, 1.54) is 25.7 Å². The molecule has 0 spiro atoms. The van der Waals surface area contributed by atoms with Gasteiger partial charge in [0.15, 0.2) is 0 Å². The number of anilines is 2. The minimum absolute atomic E-state index is 0.0160. The molecule has 1 aromatic carbocycles. The third-order valence-corrected chi connectivity index (χ3v) is 4.71. The molecule has 0 unspecified atom stereocenters. The van der Waals surface area contributed by atoms with Crippen LogP contribution in [0.4, 0.5) is 11.4 Å². The summed E-state index contributed by atoms with van der Waals surface area (Å²) in [4.78, 5) is 18.9. The Kier molecular flexibility index (Phi) is 5.47. The summed E-state index contributed by atoms with van der Waals surface area (Å²) in [7, 11) is 1.99. The van der Waals surface area contributed by atoms with Crippen LogP contribution in [-0.4, -0.2) is 24.0 Å². The van der Waals surface area contributed by atoms with E-state index in [0.717, 1.165) is 24.2 Å². The summed E-state index contributed by atoms with van der Waals surface area (Å²) in [6.07, 6.45) is 10.6. The molecule has 1 heterocycles. The second kappa shape index (κ2) is 7.95. The minimum atomic E-state index is -0.0160. The lowest BCUT2D eigenvalue weighted by atomic mass is 10.1. The zero-order valence-corrected chi connectivity index (χ0v) is 14.2. The van der Waals surface area contributed by atoms with E-state index in [0.29, 0.717) is 11.6 Å². The summed E-state index contributed by atoms with van der Waals surface area (Å²) < 4.78 is 0. The summed E-state index contributed by atoms with van der Waals surface area (Å²) in [5.74, 6) is -0.0160. The van der Waals surface area contributed by atoms with Crippen LogP contribution in [0, 0.1) is 0 Å². The van der Waals surface area contributed by atoms with Crippen molar-refractivity contribution in [2.24, 2.45) is 0 Å². The maximum absolute atomic E-state index is 12.6. The van der Waals surface area contributed by atoms with Gasteiger partial charge in [0.2, 0.25) is 0 Å². The Labute approximate surface area is 143 Å². The second-order valence-corrected chi connectivity index (χ2v) is 6.49. The van der Waals surface area contributed by atoms with Crippen molar-refractivity contribution in [2.75, 3.05) is 11.9 Å². The van der Waals surface area contributed by atoms with Crippen molar-refractivity contribution >= 4 is 17.3 Å². The Balaban J connectivity index is 1.71. The zero-order valence-electron chi connectivity index (χ0n) is 14.2. The molecule has 0 radical (unpaired) electrons. The molecule has 24 heavy (non-hydrogen) atoms. The topological polar surface area (TPSA) is 45.2 Å². The number of amides is 1. The third kappa shape index (κ3) is 4.13. The fourth-order valence-corrected chi connectivity index (χ4v) is 3.23. The van der Waals surface area contributed by atoms with Gasteiger partial charge in [0.25, 0.3) is 5.91 Å². The van der Waals surface area contributed by atoms with Gasteiger partial charge in [-0.1, -0.05) is 43.9 Å². The molecule has 4 nitrogen and oxygen atoms in total. The van der Waals surface area contributed by atoms with Crippen molar-refractivity contribution in [1.82, 2.24) is 10.3 Å². The van der Waals surface area contributed by atoms with Crippen LogP contribution < -0.4 is 10.2 Å². The molecule has 4 heteroatoms. The maximum atomic E-state index is 12.6.